The van der Waals surface area contributed by atoms with Crippen molar-refractivity contribution in [1.82, 2.24) is 14.8 Å². The van der Waals surface area contributed by atoms with Crippen LogP contribution in [0.1, 0.15) is 0 Å². The second-order valence-electron chi connectivity index (χ2n) is 6.20. The molecule has 154 valence electrons. The first-order valence-corrected chi connectivity index (χ1v) is 9.83. The van der Waals surface area contributed by atoms with Gasteiger partial charge >= 0.3 is 0 Å². The van der Waals surface area contributed by atoms with E-state index >= 15 is 0 Å². The normalized spacial score (nSPS) is 10.6. The largest absolute Gasteiger partial charge is 0.315 e. The van der Waals surface area contributed by atoms with Crippen LogP contribution in [0, 0.1) is 15.9 Å². The van der Waals surface area contributed by atoms with E-state index in [2.05, 4.69) is 16.8 Å². The summed E-state index contributed by atoms with van der Waals surface area (Å²) in [7, 11) is 1.59. The third-order valence-corrected chi connectivity index (χ3v) is 5.24. The molecule has 3 aromatic rings. The van der Waals surface area contributed by atoms with Gasteiger partial charge < -0.3 is 4.90 Å². The SMILES string of the molecule is C=CCn1c(SCC(=O)N(C)c2ccc([N+](=O)[O-])cc2)nnc1-c1ccccc1F. The maximum absolute atomic E-state index is 14.2. The fourth-order valence-electron chi connectivity index (χ4n) is 2.70. The number of benzene rings is 2. The number of rotatable bonds is 8. The Morgan fingerprint density at radius 1 is 1.27 bits per heavy atom. The van der Waals surface area contributed by atoms with E-state index in [0.717, 1.165) is 0 Å². The van der Waals surface area contributed by atoms with Crippen LogP contribution in [0.4, 0.5) is 15.8 Å². The number of anilines is 1. The van der Waals surface area contributed by atoms with Gasteiger partial charge in [-0.2, -0.15) is 0 Å². The second kappa shape index (κ2) is 9.31. The van der Waals surface area contributed by atoms with E-state index in [1.165, 1.54) is 47.0 Å². The lowest BCUT2D eigenvalue weighted by atomic mass is 10.2. The van der Waals surface area contributed by atoms with Gasteiger partial charge in [-0.1, -0.05) is 30.0 Å². The minimum absolute atomic E-state index is 0.0489. The fraction of sp³-hybridized carbons (Fsp3) is 0.150. The van der Waals surface area contributed by atoms with E-state index in [4.69, 9.17) is 0 Å². The van der Waals surface area contributed by atoms with Crippen molar-refractivity contribution in [1.29, 1.82) is 0 Å². The van der Waals surface area contributed by atoms with Crippen LogP contribution in [-0.4, -0.2) is 38.4 Å². The predicted octanol–water partition coefficient (Wildman–Crippen LogP) is 3.93. The van der Waals surface area contributed by atoms with Gasteiger partial charge in [-0.25, -0.2) is 4.39 Å². The van der Waals surface area contributed by atoms with Crippen LogP contribution in [-0.2, 0) is 11.3 Å². The molecule has 0 fully saturated rings. The van der Waals surface area contributed by atoms with E-state index in [1.807, 2.05) is 0 Å². The van der Waals surface area contributed by atoms with Gasteiger partial charge in [0.15, 0.2) is 11.0 Å². The molecule has 1 amide bonds. The minimum atomic E-state index is -0.499. The molecule has 3 rings (SSSR count). The Labute approximate surface area is 176 Å². The molecule has 0 saturated carbocycles. The predicted molar refractivity (Wildman–Crippen MR) is 113 cm³/mol. The number of carbonyl (C=O) groups is 1. The molecule has 0 N–H and O–H groups in total. The van der Waals surface area contributed by atoms with Crippen LogP contribution in [0.25, 0.3) is 11.4 Å². The van der Waals surface area contributed by atoms with Gasteiger partial charge in [0.05, 0.1) is 16.2 Å². The summed E-state index contributed by atoms with van der Waals surface area (Å²) in [5.41, 5.74) is 0.797. The summed E-state index contributed by atoms with van der Waals surface area (Å²) in [5, 5.41) is 19.4. The highest BCUT2D eigenvalue weighted by molar-refractivity contribution is 7.99. The molecule has 10 heteroatoms. The summed E-state index contributed by atoms with van der Waals surface area (Å²) in [6, 6.07) is 12.0. The first-order chi connectivity index (χ1) is 14.4. The second-order valence-corrected chi connectivity index (χ2v) is 7.14. The van der Waals surface area contributed by atoms with Crippen molar-refractivity contribution in [3.05, 3.63) is 77.1 Å². The molecule has 0 saturated heterocycles. The Balaban J connectivity index is 1.75. The Morgan fingerprint density at radius 2 is 1.97 bits per heavy atom. The molecule has 2 aromatic carbocycles. The minimum Gasteiger partial charge on any atom is -0.315 e. The van der Waals surface area contributed by atoms with E-state index in [1.54, 1.807) is 35.9 Å². The molecule has 1 heterocycles. The molecule has 0 atom stereocenters. The average molecular weight is 427 g/mol. The lowest BCUT2D eigenvalue weighted by Crippen LogP contribution is -2.28. The van der Waals surface area contributed by atoms with Crippen molar-refractivity contribution in [3.8, 4) is 11.4 Å². The first-order valence-electron chi connectivity index (χ1n) is 8.85. The molecule has 0 bridgehead atoms. The Hall–Kier alpha value is -3.53. The monoisotopic (exact) mass is 427 g/mol. The topological polar surface area (TPSA) is 94.2 Å². The number of nitro benzene ring substituents is 1. The Morgan fingerprint density at radius 3 is 2.60 bits per heavy atom. The van der Waals surface area contributed by atoms with E-state index in [0.29, 0.717) is 28.8 Å². The summed E-state index contributed by atoms with van der Waals surface area (Å²) in [4.78, 5) is 24.2. The number of non-ortho nitro benzene ring substituents is 1. The van der Waals surface area contributed by atoms with Gasteiger partial charge in [-0.15, -0.1) is 16.8 Å². The molecular weight excluding hydrogens is 409 g/mol. The Kier molecular flexibility index (Phi) is 6.58. The van der Waals surface area contributed by atoms with Gasteiger partial charge in [-0.05, 0) is 24.3 Å². The molecule has 0 aliphatic carbocycles. The fourth-order valence-corrected chi connectivity index (χ4v) is 3.56. The zero-order valence-electron chi connectivity index (χ0n) is 16.1. The highest BCUT2D eigenvalue weighted by atomic mass is 32.2. The number of thioether (sulfide) groups is 1. The highest BCUT2D eigenvalue weighted by Gasteiger charge is 2.19. The number of carbonyl (C=O) groups excluding carboxylic acids is 1. The van der Waals surface area contributed by atoms with Gasteiger partial charge in [0.25, 0.3) is 5.69 Å². The summed E-state index contributed by atoms with van der Waals surface area (Å²) < 4.78 is 15.9. The Bertz CT molecular complexity index is 1080. The van der Waals surface area contributed by atoms with Crippen LogP contribution in [0.3, 0.4) is 0 Å². The number of nitrogens with zero attached hydrogens (tertiary/aromatic N) is 5. The number of amides is 1. The first kappa shape index (κ1) is 21.2. The zero-order chi connectivity index (χ0) is 21.7. The van der Waals surface area contributed by atoms with E-state index in [9.17, 15) is 19.3 Å². The molecule has 0 aliphatic rings. The molecule has 0 spiro atoms. The zero-order valence-corrected chi connectivity index (χ0v) is 16.9. The van der Waals surface area contributed by atoms with Gasteiger partial charge in [0.2, 0.25) is 5.91 Å². The molecule has 0 unspecified atom stereocenters. The van der Waals surface area contributed by atoms with Crippen LogP contribution in [0.5, 0.6) is 0 Å². The lowest BCUT2D eigenvalue weighted by molar-refractivity contribution is -0.384. The molecule has 8 nitrogen and oxygen atoms in total. The number of nitro groups is 1. The van der Waals surface area contributed by atoms with Crippen LogP contribution < -0.4 is 4.90 Å². The van der Waals surface area contributed by atoms with Gasteiger partial charge in [-0.3, -0.25) is 19.5 Å². The average Bonchev–Trinajstić information content (AvgIpc) is 3.14. The molecule has 0 aliphatic heterocycles. The van der Waals surface area contributed by atoms with Crippen LogP contribution >= 0.6 is 11.8 Å². The summed E-state index contributed by atoms with van der Waals surface area (Å²) in [5.74, 6) is -0.234. The summed E-state index contributed by atoms with van der Waals surface area (Å²) in [6.45, 7) is 4.07. The van der Waals surface area contributed by atoms with E-state index in [-0.39, 0.29) is 17.3 Å². The molecule has 30 heavy (non-hydrogen) atoms. The quantitative estimate of drug-likeness (QED) is 0.234. The molecule has 0 radical (unpaired) electrons. The third kappa shape index (κ3) is 4.54. The smallest absolute Gasteiger partial charge is 0.269 e. The third-order valence-electron chi connectivity index (χ3n) is 4.29. The van der Waals surface area contributed by atoms with Crippen molar-refractivity contribution in [2.45, 2.75) is 11.7 Å². The van der Waals surface area contributed by atoms with Gasteiger partial charge in [0.1, 0.15) is 5.82 Å². The number of hydrogen-bond acceptors (Lipinski definition) is 6. The number of hydrogen-bond donors (Lipinski definition) is 0. The lowest BCUT2D eigenvalue weighted by Gasteiger charge is -2.17. The van der Waals surface area contributed by atoms with E-state index < -0.39 is 10.7 Å². The van der Waals surface area contributed by atoms with Gasteiger partial charge in [0, 0.05) is 31.4 Å². The number of aromatic nitrogens is 3. The van der Waals surface area contributed by atoms with Crippen molar-refractivity contribution >= 4 is 29.0 Å². The standard InChI is InChI=1S/C20H18FN5O3S/c1-3-12-25-19(16-6-4-5-7-17(16)21)22-23-20(25)30-13-18(27)24(2)14-8-10-15(11-9-14)26(28)29/h3-11H,1,12-13H2,2H3. The van der Waals surface area contributed by atoms with Crippen molar-refractivity contribution in [2.75, 3.05) is 17.7 Å². The van der Waals surface area contributed by atoms with Crippen LogP contribution in [0.15, 0.2) is 66.3 Å². The van der Waals surface area contributed by atoms with Crippen molar-refractivity contribution < 1.29 is 14.1 Å². The van der Waals surface area contributed by atoms with Crippen molar-refractivity contribution in [2.24, 2.45) is 0 Å². The molecule has 1 aromatic heterocycles. The summed E-state index contributed by atoms with van der Waals surface area (Å²) in [6.07, 6.45) is 1.64. The maximum atomic E-state index is 14.2. The molecular formula is C20H18FN5O3S. The van der Waals surface area contributed by atoms with Crippen LogP contribution in [0.2, 0.25) is 0 Å². The number of halogens is 1. The maximum Gasteiger partial charge on any atom is 0.269 e. The van der Waals surface area contributed by atoms with Crippen molar-refractivity contribution in [3.63, 3.8) is 0 Å². The highest BCUT2D eigenvalue weighted by Crippen LogP contribution is 2.27. The summed E-state index contributed by atoms with van der Waals surface area (Å²) >= 11 is 1.17. The number of allylic oxidation sites excluding steroid dienone is 1.